The van der Waals surface area contributed by atoms with E-state index in [1.54, 1.807) is 83.1 Å². The number of fused-ring (bicyclic) bond motifs is 5. The van der Waals surface area contributed by atoms with Gasteiger partial charge < -0.3 is 49.4 Å². The number of amides is 1. The summed E-state index contributed by atoms with van der Waals surface area (Å²) in [5, 5.41) is 51.6. The van der Waals surface area contributed by atoms with Crippen LogP contribution in [0.5, 0.6) is 0 Å². The van der Waals surface area contributed by atoms with Crippen LogP contribution in [0.1, 0.15) is 90.3 Å². The van der Waals surface area contributed by atoms with E-state index < -0.39 is 112 Å². The molecule has 2 bridgehead atoms. The van der Waals surface area contributed by atoms with E-state index in [0.717, 1.165) is 6.92 Å². The summed E-state index contributed by atoms with van der Waals surface area (Å²) >= 11 is 0. The smallest absolute Gasteiger partial charge is 0.408 e. The number of carbonyl (C=O) groups excluding carboxylic acids is 5. The van der Waals surface area contributed by atoms with Gasteiger partial charge in [-0.05, 0) is 63.5 Å². The van der Waals surface area contributed by atoms with Crippen LogP contribution in [0.25, 0.3) is 0 Å². The fourth-order valence-electron chi connectivity index (χ4n) is 9.52. The summed E-state index contributed by atoms with van der Waals surface area (Å²) in [5.74, 6) is -5.41. The summed E-state index contributed by atoms with van der Waals surface area (Å²) in [5.41, 5.74) is -8.05. The van der Waals surface area contributed by atoms with Crippen LogP contribution in [-0.4, -0.2) is 110 Å². The zero-order valence-corrected chi connectivity index (χ0v) is 33.9. The van der Waals surface area contributed by atoms with Gasteiger partial charge in [-0.25, -0.2) is 14.4 Å². The Hall–Kier alpha value is -4.67. The molecule has 2 aromatic rings. The molecule has 3 aliphatic carbocycles. The molecule has 1 unspecified atom stereocenters. The lowest BCUT2D eigenvalue weighted by molar-refractivity contribution is -0.346. The minimum absolute atomic E-state index is 0.0693. The van der Waals surface area contributed by atoms with Crippen molar-refractivity contribution in [1.29, 1.82) is 0 Å². The summed E-state index contributed by atoms with van der Waals surface area (Å²) in [7, 11) is 0. The number of esters is 3. The number of Topliss-reactive ketones (excluding diaryl/α,β-unsaturated/α-hetero) is 1. The molecule has 3 fully saturated rings. The quantitative estimate of drug-likeness (QED) is 0.147. The van der Waals surface area contributed by atoms with E-state index in [9.17, 15) is 44.4 Å². The number of rotatable bonds is 8. The van der Waals surface area contributed by atoms with Gasteiger partial charge in [0, 0.05) is 30.7 Å². The van der Waals surface area contributed by atoms with Crippen LogP contribution in [-0.2, 0) is 38.1 Å². The molecule has 58 heavy (non-hydrogen) atoms. The van der Waals surface area contributed by atoms with Crippen LogP contribution in [0.2, 0.25) is 0 Å². The van der Waals surface area contributed by atoms with Crippen molar-refractivity contribution in [3.63, 3.8) is 0 Å². The lowest BCUT2D eigenvalue weighted by Gasteiger charge is -2.67. The zero-order chi connectivity index (χ0) is 42.7. The number of ketones is 1. The Morgan fingerprint density at radius 2 is 1.55 bits per heavy atom. The first-order valence-corrected chi connectivity index (χ1v) is 19.3. The predicted molar refractivity (Wildman–Crippen MR) is 204 cm³/mol. The number of ether oxygens (including phenoxy) is 5. The standard InChI is InChI=1S/C43H53NO14/c1-22-26(55-37(51)31(48)32(24-15-11-9-12-16-24)56-38(52)44-39(3,4)5)20-43(53)35(57-36(50)25-17-13-10-14-18-25)33-41(8,34(49)30(47)29(22)40(43,6)7)27(46)19-28-42(33,21-54-28)58-23(2)45/h9-18,26-28,30-33,35,46-48,53H,19-21H2,1-8H3,(H,44,52)/t26-,27-,28+,30+,31+,32-,33?,35-,41+,42-,43+/m0/s1. The van der Waals surface area contributed by atoms with Gasteiger partial charge in [0.15, 0.2) is 23.6 Å². The number of hydrogen-bond acceptors (Lipinski definition) is 14. The van der Waals surface area contributed by atoms with Crippen molar-refractivity contribution in [1.82, 2.24) is 5.32 Å². The van der Waals surface area contributed by atoms with Crippen LogP contribution in [0.4, 0.5) is 4.79 Å². The molecular formula is C43H53NO14. The minimum atomic E-state index is -2.36. The number of hydrogen-bond donors (Lipinski definition) is 5. The van der Waals surface area contributed by atoms with E-state index in [2.05, 4.69) is 5.32 Å². The molecule has 15 nitrogen and oxygen atoms in total. The monoisotopic (exact) mass is 807 g/mol. The Labute approximate surface area is 336 Å². The van der Waals surface area contributed by atoms with E-state index in [4.69, 9.17) is 23.7 Å². The van der Waals surface area contributed by atoms with Crippen molar-refractivity contribution in [2.24, 2.45) is 16.7 Å². The first-order valence-electron chi connectivity index (χ1n) is 19.3. The molecule has 4 aliphatic rings. The molecule has 6 rings (SSSR count). The van der Waals surface area contributed by atoms with Gasteiger partial charge in [-0.1, -0.05) is 62.4 Å². The van der Waals surface area contributed by atoms with Crippen LogP contribution in [0.3, 0.4) is 0 Å². The fourth-order valence-corrected chi connectivity index (χ4v) is 9.52. The highest BCUT2D eigenvalue weighted by Crippen LogP contribution is 2.64. The van der Waals surface area contributed by atoms with E-state index in [-0.39, 0.29) is 35.3 Å². The largest absolute Gasteiger partial charge is 0.456 e. The molecule has 0 radical (unpaired) electrons. The average Bonchev–Trinajstić information content (AvgIpc) is 3.14. The number of alkyl carbamates (subject to hydrolysis) is 1. The molecule has 5 N–H and O–H groups in total. The molecule has 1 amide bonds. The second-order valence-electron chi connectivity index (χ2n) is 17.7. The van der Waals surface area contributed by atoms with Crippen molar-refractivity contribution >= 4 is 29.8 Å². The van der Waals surface area contributed by atoms with Gasteiger partial charge in [0.05, 0.1) is 29.6 Å². The summed E-state index contributed by atoms with van der Waals surface area (Å²) in [6, 6.07) is 15.9. The fraction of sp³-hybridized carbons (Fsp3) is 0.558. The lowest BCUT2D eigenvalue weighted by Crippen LogP contribution is -2.81. The van der Waals surface area contributed by atoms with Crippen molar-refractivity contribution in [3.8, 4) is 0 Å². The van der Waals surface area contributed by atoms with Gasteiger partial charge >= 0.3 is 24.0 Å². The van der Waals surface area contributed by atoms with Crippen molar-refractivity contribution in [2.45, 2.75) is 128 Å². The van der Waals surface area contributed by atoms with Gasteiger partial charge in [-0.15, -0.1) is 0 Å². The van der Waals surface area contributed by atoms with Gasteiger partial charge in [0.1, 0.15) is 30.0 Å². The molecule has 0 spiro atoms. The summed E-state index contributed by atoms with van der Waals surface area (Å²) in [4.78, 5) is 68.9. The molecule has 2 aromatic carbocycles. The Balaban J connectivity index is 1.49. The Kier molecular flexibility index (Phi) is 11.2. The normalized spacial score (nSPS) is 33.7. The zero-order valence-electron chi connectivity index (χ0n) is 33.9. The van der Waals surface area contributed by atoms with Gasteiger partial charge in [0.25, 0.3) is 0 Å². The number of aliphatic hydroxyl groups excluding tert-OH is 3. The molecule has 0 aromatic heterocycles. The van der Waals surface area contributed by atoms with Crippen LogP contribution in [0, 0.1) is 16.7 Å². The molecule has 2 saturated carbocycles. The Morgan fingerprint density at radius 3 is 2.10 bits per heavy atom. The van der Waals surface area contributed by atoms with Crippen LogP contribution >= 0.6 is 0 Å². The second kappa shape index (κ2) is 15.2. The third-order valence-electron chi connectivity index (χ3n) is 12.5. The summed E-state index contributed by atoms with van der Waals surface area (Å²) < 4.78 is 29.7. The van der Waals surface area contributed by atoms with Gasteiger partial charge in [-0.3, -0.25) is 9.59 Å². The highest BCUT2D eigenvalue weighted by atomic mass is 16.6. The minimum Gasteiger partial charge on any atom is -0.456 e. The van der Waals surface area contributed by atoms with E-state index >= 15 is 0 Å². The molecule has 1 aliphatic heterocycles. The van der Waals surface area contributed by atoms with Crippen molar-refractivity contribution in [2.75, 3.05) is 6.61 Å². The maximum atomic E-state index is 14.9. The maximum Gasteiger partial charge on any atom is 0.408 e. The highest BCUT2D eigenvalue weighted by molar-refractivity contribution is 5.94. The highest BCUT2D eigenvalue weighted by Gasteiger charge is 2.78. The average molecular weight is 808 g/mol. The van der Waals surface area contributed by atoms with Crippen molar-refractivity contribution < 1.29 is 68.1 Å². The third kappa shape index (κ3) is 7.10. The van der Waals surface area contributed by atoms with Gasteiger partial charge in [0.2, 0.25) is 0 Å². The summed E-state index contributed by atoms with van der Waals surface area (Å²) in [6.45, 7) is 12.0. The predicted octanol–water partition coefficient (Wildman–Crippen LogP) is 3.26. The van der Waals surface area contributed by atoms with Crippen molar-refractivity contribution in [3.05, 3.63) is 82.9 Å². The van der Waals surface area contributed by atoms with E-state index in [1.807, 2.05) is 0 Å². The topological polar surface area (TPSA) is 224 Å². The Bertz CT molecular complexity index is 1980. The molecule has 11 atom stereocenters. The molecule has 1 heterocycles. The molecule has 1 saturated heterocycles. The number of benzene rings is 2. The number of carbonyl (C=O) groups is 5. The number of aliphatic hydroxyl groups is 4. The lowest BCUT2D eigenvalue weighted by atomic mass is 9.44. The van der Waals surface area contributed by atoms with E-state index in [1.165, 1.54) is 26.0 Å². The van der Waals surface area contributed by atoms with Crippen LogP contribution in [0.15, 0.2) is 71.8 Å². The Morgan fingerprint density at radius 1 is 0.948 bits per heavy atom. The SMILES string of the molecule is CC(=O)O[C@@]12CO[C@@H]1C[C@H](O)[C@@]1(C)C(=O)[C@H](O)C3=C(C)[C@@H](OC(=O)[C@H](O)[C@@H](OC(=O)NC(C)(C)C)c4ccccc4)C[C@@](O)([C@@H](OC(=O)c4ccccc4)C12)C3(C)C. The first kappa shape index (κ1) is 42.9. The molecule has 15 heteroatoms. The van der Waals surface area contributed by atoms with Gasteiger partial charge in [-0.2, -0.15) is 0 Å². The first-order chi connectivity index (χ1) is 27.0. The molecule has 314 valence electrons. The molecular weight excluding hydrogens is 754 g/mol. The second-order valence-corrected chi connectivity index (χ2v) is 17.7. The van der Waals surface area contributed by atoms with E-state index in [0.29, 0.717) is 0 Å². The summed E-state index contributed by atoms with van der Waals surface area (Å²) in [6.07, 6.45) is -13.1. The maximum absolute atomic E-state index is 14.9. The third-order valence-corrected chi connectivity index (χ3v) is 12.5. The van der Waals surface area contributed by atoms with Crippen LogP contribution < -0.4 is 5.32 Å². The number of nitrogens with one attached hydrogen (secondary N) is 1.